The molecule has 1 aromatic carbocycles. The molecule has 0 aromatic heterocycles. The molecule has 1 saturated carbocycles. The highest BCUT2D eigenvalue weighted by Crippen LogP contribution is 2.20. The molecule has 106 valence electrons. The van der Waals surface area contributed by atoms with Gasteiger partial charge in [-0.05, 0) is 18.9 Å². The Morgan fingerprint density at radius 3 is 2.63 bits per heavy atom. The number of para-hydroxylation sites is 1. The van der Waals surface area contributed by atoms with Crippen LogP contribution in [-0.4, -0.2) is 19.3 Å². The summed E-state index contributed by atoms with van der Waals surface area (Å²) in [4.78, 5) is 0. The normalized spacial score (nSPS) is 16.5. The van der Waals surface area contributed by atoms with Crippen LogP contribution in [0.5, 0.6) is 5.75 Å². The third kappa shape index (κ3) is 4.84. The van der Waals surface area contributed by atoms with Gasteiger partial charge < -0.3 is 15.2 Å². The van der Waals surface area contributed by atoms with Gasteiger partial charge in [0.25, 0.3) is 0 Å². The fraction of sp³-hybridized carbons (Fsp3) is 0.625. The van der Waals surface area contributed by atoms with Gasteiger partial charge >= 0.3 is 0 Å². The summed E-state index contributed by atoms with van der Waals surface area (Å²) in [5.74, 6) is 0.905. The molecule has 1 aliphatic rings. The second-order valence-corrected chi connectivity index (χ2v) is 5.14. The van der Waals surface area contributed by atoms with E-state index in [0.717, 1.165) is 24.3 Å². The number of ether oxygens (including phenoxy) is 2. The molecule has 3 nitrogen and oxygen atoms in total. The molecule has 0 radical (unpaired) electrons. The highest BCUT2D eigenvalue weighted by Gasteiger charge is 2.13. The predicted molar refractivity (Wildman–Crippen MR) is 77.3 cm³/mol. The molecule has 3 heteroatoms. The van der Waals surface area contributed by atoms with E-state index in [9.17, 15) is 0 Å². The lowest BCUT2D eigenvalue weighted by Gasteiger charge is -2.22. The number of nitrogens with two attached hydrogens (primary N) is 1. The summed E-state index contributed by atoms with van der Waals surface area (Å²) in [7, 11) is 0. The third-order valence-electron chi connectivity index (χ3n) is 3.64. The van der Waals surface area contributed by atoms with E-state index < -0.39 is 0 Å². The van der Waals surface area contributed by atoms with E-state index in [1.807, 2.05) is 24.3 Å². The number of hydrogen-bond acceptors (Lipinski definition) is 3. The zero-order valence-electron chi connectivity index (χ0n) is 11.6. The van der Waals surface area contributed by atoms with Crippen molar-refractivity contribution >= 4 is 0 Å². The van der Waals surface area contributed by atoms with Crippen LogP contribution in [0.3, 0.4) is 0 Å². The molecular formula is C16H25NO2. The summed E-state index contributed by atoms with van der Waals surface area (Å²) in [5.41, 5.74) is 6.74. The minimum atomic E-state index is 0.491. The average Bonchev–Trinajstić information content (AvgIpc) is 2.48. The van der Waals surface area contributed by atoms with Crippen molar-refractivity contribution in [3.8, 4) is 5.75 Å². The van der Waals surface area contributed by atoms with Crippen LogP contribution in [0.1, 0.15) is 44.1 Å². The number of hydrogen-bond donors (Lipinski definition) is 1. The standard InChI is InChI=1S/C16H25NO2/c17-13-14-7-4-5-10-16(14)19-12-6-11-18-15-8-2-1-3-9-15/h4-5,7,10,15H,1-3,6,8-9,11-13,17H2. The minimum absolute atomic E-state index is 0.491. The Hall–Kier alpha value is -1.06. The second-order valence-electron chi connectivity index (χ2n) is 5.14. The monoisotopic (exact) mass is 263 g/mol. The van der Waals surface area contributed by atoms with Gasteiger partial charge in [-0.1, -0.05) is 37.5 Å². The first-order valence-electron chi connectivity index (χ1n) is 7.42. The van der Waals surface area contributed by atoms with E-state index in [-0.39, 0.29) is 0 Å². The van der Waals surface area contributed by atoms with E-state index in [1.165, 1.54) is 32.1 Å². The van der Waals surface area contributed by atoms with Crippen LogP contribution in [-0.2, 0) is 11.3 Å². The molecule has 0 aliphatic heterocycles. The van der Waals surface area contributed by atoms with Gasteiger partial charge in [-0.25, -0.2) is 0 Å². The first kappa shape index (κ1) is 14.4. The maximum absolute atomic E-state index is 5.87. The second kappa shape index (κ2) is 8.18. The summed E-state index contributed by atoms with van der Waals surface area (Å²) in [6, 6.07) is 7.95. The van der Waals surface area contributed by atoms with Crippen molar-refractivity contribution < 1.29 is 9.47 Å². The van der Waals surface area contributed by atoms with Crippen molar-refractivity contribution in [1.82, 2.24) is 0 Å². The molecule has 0 atom stereocenters. The first-order chi connectivity index (χ1) is 9.40. The SMILES string of the molecule is NCc1ccccc1OCCCOC1CCCCC1. The van der Waals surface area contributed by atoms with Crippen molar-refractivity contribution in [3.05, 3.63) is 29.8 Å². The van der Waals surface area contributed by atoms with Crippen molar-refractivity contribution in [3.63, 3.8) is 0 Å². The van der Waals surface area contributed by atoms with Gasteiger partial charge in [-0.3, -0.25) is 0 Å². The van der Waals surface area contributed by atoms with Crippen LogP contribution in [0, 0.1) is 0 Å². The molecule has 1 aliphatic carbocycles. The molecule has 0 amide bonds. The van der Waals surface area contributed by atoms with Crippen LogP contribution in [0.15, 0.2) is 24.3 Å². The molecule has 0 spiro atoms. The van der Waals surface area contributed by atoms with Crippen LogP contribution in [0.4, 0.5) is 0 Å². The van der Waals surface area contributed by atoms with E-state index in [2.05, 4.69) is 0 Å². The predicted octanol–water partition coefficient (Wildman–Crippen LogP) is 3.26. The maximum Gasteiger partial charge on any atom is 0.123 e. The molecule has 0 bridgehead atoms. The Morgan fingerprint density at radius 2 is 1.84 bits per heavy atom. The van der Waals surface area contributed by atoms with Crippen molar-refractivity contribution in [1.29, 1.82) is 0 Å². The summed E-state index contributed by atoms with van der Waals surface area (Å²) < 4.78 is 11.6. The quantitative estimate of drug-likeness (QED) is 0.768. The van der Waals surface area contributed by atoms with E-state index in [1.54, 1.807) is 0 Å². The Labute approximate surface area is 116 Å². The van der Waals surface area contributed by atoms with Gasteiger partial charge in [0.2, 0.25) is 0 Å². The van der Waals surface area contributed by atoms with E-state index >= 15 is 0 Å². The van der Waals surface area contributed by atoms with E-state index in [4.69, 9.17) is 15.2 Å². The van der Waals surface area contributed by atoms with Crippen LogP contribution >= 0.6 is 0 Å². The molecule has 1 aromatic rings. The van der Waals surface area contributed by atoms with Gasteiger partial charge in [-0.15, -0.1) is 0 Å². The Balaban J connectivity index is 1.61. The Bertz CT molecular complexity index is 362. The molecule has 0 saturated heterocycles. The highest BCUT2D eigenvalue weighted by molar-refractivity contribution is 5.32. The third-order valence-corrected chi connectivity index (χ3v) is 3.64. The van der Waals surface area contributed by atoms with Crippen molar-refractivity contribution in [2.75, 3.05) is 13.2 Å². The maximum atomic E-state index is 5.87. The van der Waals surface area contributed by atoms with Crippen molar-refractivity contribution in [2.24, 2.45) is 5.73 Å². The average molecular weight is 263 g/mol. The summed E-state index contributed by atoms with van der Waals surface area (Å²) in [6.45, 7) is 2.02. The summed E-state index contributed by atoms with van der Waals surface area (Å²) in [5, 5.41) is 0. The highest BCUT2D eigenvalue weighted by atomic mass is 16.5. The molecule has 19 heavy (non-hydrogen) atoms. The van der Waals surface area contributed by atoms with E-state index in [0.29, 0.717) is 19.3 Å². The fourth-order valence-corrected chi connectivity index (χ4v) is 2.54. The number of rotatable bonds is 7. The largest absolute Gasteiger partial charge is 0.493 e. The smallest absolute Gasteiger partial charge is 0.123 e. The van der Waals surface area contributed by atoms with Crippen LogP contribution in [0.2, 0.25) is 0 Å². The Kier molecular flexibility index (Phi) is 6.18. The lowest BCUT2D eigenvalue weighted by Crippen LogP contribution is -2.18. The van der Waals surface area contributed by atoms with Gasteiger partial charge in [0.05, 0.1) is 19.3 Å². The zero-order valence-corrected chi connectivity index (χ0v) is 11.6. The molecule has 1 fully saturated rings. The van der Waals surface area contributed by atoms with Crippen LogP contribution < -0.4 is 10.5 Å². The van der Waals surface area contributed by atoms with Gasteiger partial charge in [0, 0.05) is 18.5 Å². The first-order valence-corrected chi connectivity index (χ1v) is 7.42. The van der Waals surface area contributed by atoms with Gasteiger partial charge in [0.15, 0.2) is 0 Å². The lowest BCUT2D eigenvalue weighted by molar-refractivity contribution is 0.0226. The zero-order chi connectivity index (χ0) is 13.3. The number of benzene rings is 1. The van der Waals surface area contributed by atoms with Crippen molar-refractivity contribution in [2.45, 2.75) is 51.2 Å². The molecule has 0 heterocycles. The fourth-order valence-electron chi connectivity index (χ4n) is 2.54. The molecular weight excluding hydrogens is 238 g/mol. The summed E-state index contributed by atoms with van der Waals surface area (Å²) in [6.07, 6.45) is 7.92. The molecule has 2 N–H and O–H groups in total. The van der Waals surface area contributed by atoms with Gasteiger partial charge in [-0.2, -0.15) is 0 Å². The lowest BCUT2D eigenvalue weighted by atomic mass is 9.98. The van der Waals surface area contributed by atoms with Crippen LogP contribution in [0.25, 0.3) is 0 Å². The Morgan fingerprint density at radius 1 is 1.05 bits per heavy atom. The molecule has 2 rings (SSSR count). The molecule has 0 unspecified atom stereocenters. The minimum Gasteiger partial charge on any atom is -0.493 e. The summed E-state index contributed by atoms with van der Waals surface area (Å²) >= 11 is 0. The van der Waals surface area contributed by atoms with Gasteiger partial charge in [0.1, 0.15) is 5.75 Å². The topological polar surface area (TPSA) is 44.5 Å².